The van der Waals surface area contributed by atoms with Crippen molar-refractivity contribution in [1.29, 1.82) is 0 Å². The third kappa shape index (κ3) is 4.04. The van der Waals surface area contributed by atoms with Crippen molar-refractivity contribution in [3.63, 3.8) is 0 Å². The SMILES string of the molecule is COc1ccc(C)c(-c2cc(C(F)(F)F)c(F)c(CCC(=O)O)c2F)c1C. The summed E-state index contributed by atoms with van der Waals surface area (Å²) in [5.41, 5.74) is -1.98. The standard InChI is InChI=1S/C19H17F5O3/c1-9-4-6-14(27-3)10(2)16(9)12-8-13(19(22,23)24)18(21)11(17(12)20)5-7-15(25)26/h4,6,8H,5,7H2,1-3H3,(H,25,26). The highest BCUT2D eigenvalue weighted by Gasteiger charge is 2.37. The van der Waals surface area contributed by atoms with Crippen LogP contribution in [-0.2, 0) is 17.4 Å². The minimum absolute atomic E-state index is 0.147. The molecule has 0 saturated heterocycles. The van der Waals surface area contributed by atoms with Gasteiger partial charge in [-0.05, 0) is 49.1 Å². The van der Waals surface area contributed by atoms with Crippen molar-refractivity contribution in [2.45, 2.75) is 32.9 Å². The zero-order valence-electron chi connectivity index (χ0n) is 14.8. The van der Waals surface area contributed by atoms with Gasteiger partial charge in [-0.15, -0.1) is 0 Å². The number of rotatable bonds is 5. The van der Waals surface area contributed by atoms with E-state index in [9.17, 15) is 26.7 Å². The predicted octanol–water partition coefficient (Wildman–Crippen LogP) is 5.29. The Morgan fingerprint density at radius 3 is 2.30 bits per heavy atom. The number of aryl methyl sites for hydroxylation is 1. The van der Waals surface area contributed by atoms with Crippen molar-refractivity contribution in [2.24, 2.45) is 0 Å². The maximum absolute atomic E-state index is 15.0. The summed E-state index contributed by atoms with van der Waals surface area (Å²) in [6.07, 6.45) is -6.47. The number of carbonyl (C=O) groups is 1. The summed E-state index contributed by atoms with van der Waals surface area (Å²) in [6, 6.07) is 3.56. The van der Waals surface area contributed by atoms with Crippen LogP contribution in [0.3, 0.4) is 0 Å². The quantitative estimate of drug-likeness (QED) is 0.708. The molecule has 0 radical (unpaired) electrons. The fraction of sp³-hybridized carbons (Fsp3) is 0.316. The highest BCUT2D eigenvalue weighted by atomic mass is 19.4. The zero-order chi connectivity index (χ0) is 20.5. The van der Waals surface area contributed by atoms with Crippen molar-refractivity contribution in [1.82, 2.24) is 0 Å². The number of hydrogen-bond acceptors (Lipinski definition) is 2. The van der Waals surface area contributed by atoms with Crippen LogP contribution >= 0.6 is 0 Å². The Balaban J connectivity index is 2.85. The van der Waals surface area contributed by atoms with E-state index >= 15 is 0 Å². The second kappa shape index (κ2) is 7.54. The fourth-order valence-electron chi connectivity index (χ4n) is 3.00. The number of aliphatic carboxylic acids is 1. The summed E-state index contributed by atoms with van der Waals surface area (Å²) in [5.74, 6) is -4.04. The minimum Gasteiger partial charge on any atom is -0.496 e. The first-order valence-electron chi connectivity index (χ1n) is 7.93. The molecule has 0 fully saturated rings. The van der Waals surface area contributed by atoms with Crippen LogP contribution in [0.5, 0.6) is 5.75 Å². The Hall–Kier alpha value is -2.64. The van der Waals surface area contributed by atoms with E-state index in [0.717, 1.165) is 0 Å². The average molecular weight is 388 g/mol. The maximum Gasteiger partial charge on any atom is 0.419 e. The van der Waals surface area contributed by atoms with Gasteiger partial charge in [-0.1, -0.05) is 6.07 Å². The highest BCUT2D eigenvalue weighted by molar-refractivity contribution is 5.75. The molecule has 0 aliphatic carbocycles. The van der Waals surface area contributed by atoms with E-state index in [0.29, 0.717) is 22.9 Å². The van der Waals surface area contributed by atoms with Gasteiger partial charge >= 0.3 is 12.1 Å². The van der Waals surface area contributed by atoms with E-state index in [1.165, 1.54) is 7.11 Å². The van der Waals surface area contributed by atoms with Crippen molar-refractivity contribution >= 4 is 5.97 Å². The van der Waals surface area contributed by atoms with Crippen LogP contribution in [0.2, 0.25) is 0 Å². The molecule has 2 aromatic rings. The van der Waals surface area contributed by atoms with E-state index < -0.39 is 53.3 Å². The highest BCUT2D eigenvalue weighted by Crippen LogP contribution is 2.41. The Labute approximate surface area is 152 Å². The first-order chi connectivity index (χ1) is 12.5. The lowest BCUT2D eigenvalue weighted by molar-refractivity contribution is -0.140. The number of carboxylic acids is 1. The Kier molecular flexibility index (Phi) is 5.77. The normalized spacial score (nSPS) is 11.6. The molecule has 0 spiro atoms. The summed E-state index contributed by atoms with van der Waals surface area (Å²) in [6.45, 7) is 3.13. The molecular weight excluding hydrogens is 371 g/mol. The molecular formula is C19H17F5O3. The van der Waals surface area contributed by atoms with Crippen molar-refractivity contribution < 1.29 is 36.6 Å². The molecule has 0 heterocycles. The van der Waals surface area contributed by atoms with Crippen LogP contribution in [-0.4, -0.2) is 18.2 Å². The van der Waals surface area contributed by atoms with E-state index in [1.54, 1.807) is 26.0 Å². The van der Waals surface area contributed by atoms with Crippen LogP contribution in [0.25, 0.3) is 11.1 Å². The van der Waals surface area contributed by atoms with Crippen LogP contribution in [0.4, 0.5) is 22.0 Å². The van der Waals surface area contributed by atoms with Crippen LogP contribution in [0.1, 0.15) is 28.7 Å². The molecule has 3 nitrogen and oxygen atoms in total. The Bertz CT molecular complexity index is 888. The molecule has 27 heavy (non-hydrogen) atoms. The Morgan fingerprint density at radius 2 is 1.78 bits per heavy atom. The van der Waals surface area contributed by atoms with Gasteiger partial charge in [0, 0.05) is 17.5 Å². The first kappa shape index (κ1) is 20.7. The van der Waals surface area contributed by atoms with Crippen LogP contribution in [0.15, 0.2) is 18.2 Å². The molecule has 2 aromatic carbocycles. The summed E-state index contributed by atoms with van der Waals surface area (Å²) < 4.78 is 74.4. The van der Waals surface area contributed by atoms with E-state index in [-0.39, 0.29) is 5.56 Å². The molecule has 0 amide bonds. The van der Waals surface area contributed by atoms with E-state index in [2.05, 4.69) is 0 Å². The van der Waals surface area contributed by atoms with Gasteiger partial charge in [0.2, 0.25) is 0 Å². The largest absolute Gasteiger partial charge is 0.496 e. The fourth-order valence-corrected chi connectivity index (χ4v) is 3.00. The number of methoxy groups -OCH3 is 1. The number of hydrogen-bond donors (Lipinski definition) is 1. The summed E-state index contributed by atoms with van der Waals surface area (Å²) >= 11 is 0. The van der Waals surface area contributed by atoms with E-state index in [1.807, 2.05) is 0 Å². The number of ether oxygens (including phenoxy) is 1. The molecule has 0 bridgehead atoms. The van der Waals surface area contributed by atoms with Gasteiger partial charge in [0.15, 0.2) is 0 Å². The molecule has 0 aliphatic heterocycles. The monoisotopic (exact) mass is 388 g/mol. The van der Waals surface area contributed by atoms with Gasteiger partial charge in [-0.3, -0.25) is 4.79 Å². The topological polar surface area (TPSA) is 46.5 Å². The smallest absolute Gasteiger partial charge is 0.419 e. The third-order valence-corrected chi connectivity index (χ3v) is 4.30. The first-order valence-corrected chi connectivity index (χ1v) is 7.93. The van der Waals surface area contributed by atoms with Crippen molar-refractivity contribution in [2.75, 3.05) is 7.11 Å². The van der Waals surface area contributed by atoms with Crippen molar-refractivity contribution in [3.8, 4) is 16.9 Å². The lowest BCUT2D eigenvalue weighted by atomic mass is 9.90. The number of halogens is 5. The van der Waals surface area contributed by atoms with Gasteiger partial charge in [0.05, 0.1) is 12.7 Å². The summed E-state index contributed by atoms with van der Waals surface area (Å²) in [4.78, 5) is 10.7. The number of carboxylic acid groups (broad SMARTS) is 1. The maximum atomic E-state index is 15.0. The second-order valence-corrected chi connectivity index (χ2v) is 6.05. The lowest BCUT2D eigenvalue weighted by Crippen LogP contribution is -2.14. The number of benzene rings is 2. The van der Waals surface area contributed by atoms with Gasteiger partial charge in [-0.25, -0.2) is 8.78 Å². The molecule has 2 rings (SSSR count). The molecule has 0 unspecified atom stereocenters. The van der Waals surface area contributed by atoms with Gasteiger partial charge in [0.1, 0.15) is 17.4 Å². The van der Waals surface area contributed by atoms with Crippen LogP contribution in [0, 0.1) is 25.5 Å². The predicted molar refractivity (Wildman–Crippen MR) is 88.8 cm³/mol. The molecule has 8 heteroatoms. The second-order valence-electron chi connectivity index (χ2n) is 6.05. The molecule has 0 aromatic heterocycles. The third-order valence-electron chi connectivity index (χ3n) is 4.30. The molecule has 0 aliphatic rings. The minimum atomic E-state index is -5.06. The molecule has 146 valence electrons. The lowest BCUT2D eigenvalue weighted by Gasteiger charge is -2.19. The van der Waals surface area contributed by atoms with Crippen LogP contribution < -0.4 is 4.74 Å². The van der Waals surface area contributed by atoms with Crippen molar-refractivity contribution in [3.05, 3.63) is 52.1 Å². The molecule has 0 atom stereocenters. The van der Waals surface area contributed by atoms with Gasteiger partial charge < -0.3 is 9.84 Å². The Morgan fingerprint density at radius 1 is 1.15 bits per heavy atom. The molecule has 0 saturated carbocycles. The number of alkyl halides is 3. The summed E-state index contributed by atoms with van der Waals surface area (Å²) in [7, 11) is 1.36. The van der Waals surface area contributed by atoms with E-state index in [4.69, 9.17) is 9.84 Å². The average Bonchev–Trinajstić information content (AvgIpc) is 2.55. The summed E-state index contributed by atoms with van der Waals surface area (Å²) in [5, 5.41) is 8.74. The zero-order valence-corrected chi connectivity index (χ0v) is 14.8. The van der Waals surface area contributed by atoms with Gasteiger partial charge in [-0.2, -0.15) is 13.2 Å². The molecule has 1 N–H and O–H groups in total. The van der Waals surface area contributed by atoms with Gasteiger partial charge in [0.25, 0.3) is 0 Å².